The van der Waals surface area contributed by atoms with Gasteiger partial charge in [0.25, 0.3) is 11.6 Å². The molecule has 1 fully saturated rings. The summed E-state index contributed by atoms with van der Waals surface area (Å²) in [6.07, 6.45) is 4.00. The van der Waals surface area contributed by atoms with Crippen LogP contribution in [0.3, 0.4) is 0 Å². The number of carbonyl (C=O) groups is 1. The fourth-order valence-corrected chi connectivity index (χ4v) is 3.85. The molecule has 1 saturated heterocycles. The normalized spacial score (nSPS) is 19.3. The molecule has 28 heavy (non-hydrogen) atoms. The molecule has 2 N–H and O–H groups in total. The van der Waals surface area contributed by atoms with Gasteiger partial charge in [-0.3, -0.25) is 4.79 Å². The van der Waals surface area contributed by atoms with E-state index < -0.39 is 0 Å². The zero-order valence-corrected chi connectivity index (χ0v) is 16.6. The third kappa shape index (κ3) is 3.20. The van der Waals surface area contributed by atoms with Gasteiger partial charge in [0.1, 0.15) is 5.69 Å². The average Bonchev–Trinajstić information content (AvgIpc) is 3.33. The fourth-order valence-electron chi connectivity index (χ4n) is 3.85. The Hall–Kier alpha value is -2.67. The molecule has 0 spiro atoms. The predicted molar refractivity (Wildman–Crippen MR) is 106 cm³/mol. The number of piperidine rings is 1. The van der Waals surface area contributed by atoms with E-state index in [9.17, 15) is 4.79 Å². The summed E-state index contributed by atoms with van der Waals surface area (Å²) >= 11 is 0. The van der Waals surface area contributed by atoms with Crippen molar-refractivity contribution >= 4 is 17.0 Å². The summed E-state index contributed by atoms with van der Waals surface area (Å²) in [5.74, 6) is 0.547. The number of aryl methyl sites for hydroxylation is 1. The molecular weight excluding hydrogens is 356 g/mol. The van der Waals surface area contributed by atoms with Gasteiger partial charge in [-0.25, -0.2) is 4.98 Å². The van der Waals surface area contributed by atoms with Crippen LogP contribution in [0.1, 0.15) is 49.7 Å². The van der Waals surface area contributed by atoms with Gasteiger partial charge in [-0.1, -0.05) is 32.3 Å². The molecule has 3 aromatic heterocycles. The summed E-state index contributed by atoms with van der Waals surface area (Å²) in [6, 6.07) is 5.48. The molecule has 4 heterocycles. The molecule has 0 saturated carbocycles. The lowest BCUT2D eigenvalue weighted by Crippen LogP contribution is -2.54. The van der Waals surface area contributed by atoms with E-state index in [2.05, 4.69) is 30.9 Å². The first kappa shape index (κ1) is 18.7. The van der Waals surface area contributed by atoms with Crippen LogP contribution in [0.4, 0.5) is 0 Å². The third-order valence-corrected chi connectivity index (χ3v) is 5.61. The number of carbonyl (C=O) groups excluding carboxylic acids is 1. The summed E-state index contributed by atoms with van der Waals surface area (Å²) in [7, 11) is 0. The van der Waals surface area contributed by atoms with Gasteiger partial charge >= 0.3 is 0 Å². The molecule has 1 aliphatic rings. The van der Waals surface area contributed by atoms with Crippen molar-refractivity contribution in [3.05, 3.63) is 35.7 Å². The lowest BCUT2D eigenvalue weighted by molar-refractivity contribution is 0.0535. The van der Waals surface area contributed by atoms with E-state index in [1.54, 1.807) is 18.4 Å². The van der Waals surface area contributed by atoms with E-state index in [0.717, 1.165) is 25.0 Å². The van der Waals surface area contributed by atoms with Crippen LogP contribution in [0.15, 0.2) is 33.4 Å². The third-order valence-electron chi connectivity index (χ3n) is 5.61. The molecule has 4 rings (SSSR count). The lowest BCUT2D eigenvalue weighted by atomic mass is 9.79. The maximum Gasteiger partial charge on any atom is 0.259 e. The van der Waals surface area contributed by atoms with Gasteiger partial charge in [-0.2, -0.15) is 0 Å². The van der Waals surface area contributed by atoms with Gasteiger partial charge in [0.2, 0.25) is 0 Å². The zero-order chi connectivity index (χ0) is 19.9. The molecule has 0 aromatic carbocycles. The van der Waals surface area contributed by atoms with Crippen LogP contribution < -0.4 is 5.73 Å². The number of hydrogen-bond acceptors (Lipinski definition) is 6. The molecule has 0 bridgehead atoms. The number of nitrogens with zero attached hydrogens (tertiary/aromatic N) is 3. The maximum atomic E-state index is 13.5. The van der Waals surface area contributed by atoms with Crippen molar-refractivity contribution in [1.29, 1.82) is 0 Å². The molecule has 1 atom stereocenters. The molecule has 1 amide bonds. The number of nitrogens with two attached hydrogens (primary N) is 1. The van der Waals surface area contributed by atoms with Gasteiger partial charge in [0, 0.05) is 19.1 Å². The number of pyridine rings is 1. The summed E-state index contributed by atoms with van der Waals surface area (Å²) in [6.45, 7) is 7.53. The van der Waals surface area contributed by atoms with Crippen LogP contribution >= 0.6 is 0 Å². The van der Waals surface area contributed by atoms with E-state index in [1.165, 1.54) is 0 Å². The summed E-state index contributed by atoms with van der Waals surface area (Å²) in [4.78, 5) is 20.0. The molecule has 148 valence electrons. The van der Waals surface area contributed by atoms with Crippen molar-refractivity contribution < 1.29 is 13.7 Å². The van der Waals surface area contributed by atoms with Gasteiger partial charge in [-0.05, 0) is 36.5 Å². The second-order valence-corrected chi connectivity index (χ2v) is 8.20. The van der Waals surface area contributed by atoms with E-state index in [-0.39, 0.29) is 17.4 Å². The van der Waals surface area contributed by atoms with Crippen molar-refractivity contribution in [3.63, 3.8) is 0 Å². The van der Waals surface area contributed by atoms with E-state index in [0.29, 0.717) is 41.2 Å². The molecule has 3 aromatic rings. The van der Waals surface area contributed by atoms with Crippen molar-refractivity contribution in [2.45, 2.75) is 46.1 Å². The SMILES string of the molecule is CCCc1noc2nc(-c3ccco3)cc(C(=O)N3CCC(N)C(C)(C)C3)c12. The Morgan fingerprint density at radius 1 is 1.43 bits per heavy atom. The smallest absolute Gasteiger partial charge is 0.259 e. The highest BCUT2D eigenvalue weighted by atomic mass is 16.5. The zero-order valence-electron chi connectivity index (χ0n) is 16.6. The van der Waals surface area contributed by atoms with Crippen LogP contribution in [0, 0.1) is 5.41 Å². The first-order valence-corrected chi connectivity index (χ1v) is 9.78. The minimum atomic E-state index is -0.134. The predicted octanol–water partition coefficient (Wildman–Crippen LogP) is 3.63. The van der Waals surface area contributed by atoms with E-state index in [4.69, 9.17) is 14.7 Å². The minimum Gasteiger partial charge on any atom is -0.463 e. The number of likely N-dealkylation sites (tertiary alicyclic amines) is 1. The number of amides is 1. The van der Waals surface area contributed by atoms with Gasteiger partial charge in [0.05, 0.1) is 22.9 Å². The number of fused-ring (bicyclic) bond motifs is 1. The number of rotatable bonds is 4. The maximum absolute atomic E-state index is 13.5. The Balaban J connectivity index is 1.81. The Morgan fingerprint density at radius 3 is 2.93 bits per heavy atom. The Morgan fingerprint density at radius 2 is 2.25 bits per heavy atom. The Kier molecular flexibility index (Phi) is 4.71. The topological polar surface area (TPSA) is 98.4 Å². The first-order chi connectivity index (χ1) is 13.4. The second kappa shape index (κ2) is 7.05. The largest absolute Gasteiger partial charge is 0.463 e. The van der Waals surface area contributed by atoms with Crippen LogP contribution in [0.5, 0.6) is 0 Å². The summed E-state index contributed by atoms with van der Waals surface area (Å²) in [5.41, 5.74) is 8.39. The van der Waals surface area contributed by atoms with E-state index >= 15 is 0 Å². The van der Waals surface area contributed by atoms with Crippen molar-refractivity contribution in [1.82, 2.24) is 15.0 Å². The average molecular weight is 382 g/mol. The molecule has 0 aliphatic carbocycles. The standard InChI is InChI=1S/C21H26N4O3/c1-4-6-14-18-13(20(26)25-9-8-17(22)21(2,3)12-25)11-15(16-7-5-10-27-16)23-19(18)28-24-14/h5,7,10-11,17H,4,6,8-9,12,22H2,1-3H3. The lowest BCUT2D eigenvalue weighted by Gasteiger charge is -2.42. The molecule has 0 radical (unpaired) electrons. The second-order valence-electron chi connectivity index (χ2n) is 8.20. The van der Waals surface area contributed by atoms with Crippen molar-refractivity contribution in [3.8, 4) is 11.5 Å². The number of hydrogen-bond donors (Lipinski definition) is 1. The first-order valence-electron chi connectivity index (χ1n) is 9.78. The molecule has 7 nitrogen and oxygen atoms in total. The number of aromatic nitrogens is 2. The fraction of sp³-hybridized carbons (Fsp3) is 0.476. The van der Waals surface area contributed by atoms with Crippen molar-refractivity contribution in [2.24, 2.45) is 11.1 Å². The Labute approximate surface area is 163 Å². The summed E-state index contributed by atoms with van der Waals surface area (Å²) in [5, 5.41) is 4.88. The highest BCUT2D eigenvalue weighted by molar-refractivity contribution is 6.07. The monoisotopic (exact) mass is 382 g/mol. The van der Waals surface area contributed by atoms with Crippen LogP contribution in [0.25, 0.3) is 22.6 Å². The molecule has 1 unspecified atom stereocenters. The molecule has 7 heteroatoms. The minimum absolute atomic E-state index is 0.0410. The quantitative estimate of drug-likeness (QED) is 0.740. The van der Waals surface area contributed by atoms with Gasteiger partial charge in [-0.15, -0.1) is 0 Å². The van der Waals surface area contributed by atoms with Gasteiger partial charge in [0.15, 0.2) is 5.76 Å². The van der Waals surface area contributed by atoms with E-state index in [1.807, 2.05) is 11.0 Å². The van der Waals surface area contributed by atoms with Crippen molar-refractivity contribution in [2.75, 3.05) is 13.1 Å². The van der Waals surface area contributed by atoms with Crippen LogP contribution in [0.2, 0.25) is 0 Å². The molecule has 1 aliphatic heterocycles. The van der Waals surface area contributed by atoms with Crippen LogP contribution in [-0.2, 0) is 6.42 Å². The highest BCUT2D eigenvalue weighted by Crippen LogP contribution is 2.32. The molecular formula is C21H26N4O3. The Bertz CT molecular complexity index is 991. The van der Waals surface area contributed by atoms with Crippen LogP contribution in [-0.4, -0.2) is 40.1 Å². The van der Waals surface area contributed by atoms with Gasteiger partial charge < -0.3 is 19.6 Å². The summed E-state index contributed by atoms with van der Waals surface area (Å²) < 4.78 is 11.0. The number of furan rings is 1. The highest BCUT2D eigenvalue weighted by Gasteiger charge is 2.36.